The number of nitrogens with two attached hydrogens (primary N) is 1. The maximum Gasteiger partial charge on any atom is 0.257 e. The SMILES string of the molecule is Cc1c(C(=O)N2CCN(CC(N)=NO)CC2)cnn1C. The first-order valence-corrected chi connectivity index (χ1v) is 6.49. The molecule has 8 heteroatoms. The minimum atomic E-state index is 0.0130. The normalized spacial score (nSPS) is 17.5. The summed E-state index contributed by atoms with van der Waals surface area (Å²) in [7, 11) is 1.82. The average molecular weight is 280 g/mol. The van der Waals surface area contributed by atoms with E-state index in [1.807, 2.05) is 18.9 Å². The van der Waals surface area contributed by atoms with E-state index in [0.29, 0.717) is 38.3 Å². The summed E-state index contributed by atoms with van der Waals surface area (Å²) < 4.78 is 1.70. The summed E-state index contributed by atoms with van der Waals surface area (Å²) in [4.78, 5) is 16.2. The third-order valence-electron chi connectivity index (χ3n) is 3.64. The molecule has 0 aromatic carbocycles. The highest BCUT2D eigenvalue weighted by Gasteiger charge is 2.24. The highest BCUT2D eigenvalue weighted by atomic mass is 16.4. The molecule has 0 aliphatic carbocycles. The number of oxime groups is 1. The first-order chi connectivity index (χ1) is 9.52. The summed E-state index contributed by atoms with van der Waals surface area (Å²) in [6, 6.07) is 0. The van der Waals surface area contributed by atoms with Gasteiger partial charge in [-0.2, -0.15) is 5.10 Å². The van der Waals surface area contributed by atoms with Gasteiger partial charge in [0.2, 0.25) is 0 Å². The fourth-order valence-corrected chi connectivity index (χ4v) is 2.25. The van der Waals surface area contributed by atoms with Crippen LogP contribution in [-0.2, 0) is 7.05 Å². The van der Waals surface area contributed by atoms with Crippen LogP contribution in [0.5, 0.6) is 0 Å². The van der Waals surface area contributed by atoms with Crippen molar-refractivity contribution in [2.45, 2.75) is 6.92 Å². The maximum atomic E-state index is 12.4. The molecule has 2 rings (SSSR count). The van der Waals surface area contributed by atoms with E-state index < -0.39 is 0 Å². The second-order valence-corrected chi connectivity index (χ2v) is 4.93. The zero-order valence-corrected chi connectivity index (χ0v) is 11.8. The molecule has 0 atom stereocenters. The minimum Gasteiger partial charge on any atom is -0.409 e. The summed E-state index contributed by atoms with van der Waals surface area (Å²) in [5, 5.41) is 15.6. The summed E-state index contributed by atoms with van der Waals surface area (Å²) in [5.41, 5.74) is 7.00. The Hall–Kier alpha value is -2.09. The maximum absolute atomic E-state index is 12.4. The van der Waals surface area contributed by atoms with Crippen molar-refractivity contribution in [1.29, 1.82) is 0 Å². The Balaban J connectivity index is 1.94. The molecule has 1 fully saturated rings. The molecule has 1 aromatic rings. The highest BCUT2D eigenvalue weighted by Crippen LogP contribution is 2.11. The fourth-order valence-electron chi connectivity index (χ4n) is 2.25. The Morgan fingerprint density at radius 2 is 2.10 bits per heavy atom. The Labute approximate surface area is 117 Å². The molecule has 1 aliphatic rings. The van der Waals surface area contributed by atoms with Gasteiger partial charge in [0.25, 0.3) is 5.91 Å². The molecule has 0 bridgehead atoms. The van der Waals surface area contributed by atoms with Gasteiger partial charge in [-0.05, 0) is 6.92 Å². The molecular formula is C12H20N6O2. The summed E-state index contributed by atoms with van der Waals surface area (Å²) in [6.07, 6.45) is 1.61. The first kappa shape index (κ1) is 14.3. The van der Waals surface area contributed by atoms with Gasteiger partial charge >= 0.3 is 0 Å². The van der Waals surface area contributed by atoms with Crippen LogP contribution in [-0.4, -0.2) is 69.3 Å². The number of aromatic nitrogens is 2. The van der Waals surface area contributed by atoms with Gasteiger partial charge in [0, 0.05) is 38.9 Å². The number of aryl methyl sites for hydroxylation is 1. The number of carbonyl (C=O) groups is 1. The molecule has 8 nitrogen and oxygen atoms in total. The predicted octanol–water partition coefficient (Wildman–Crippen LogP) is -0.767. The average Bonchev–Trinajstić information content (AvgIpc) is 2.79. The van der Waals surface area contributed by atoms with Gasteiger partial charge in [0.15, 0.2) is 5.84 Å². The lowest BCUT2D eigenvalue weighted by Gasteiger charge is -2.34. The van der Waals surface area contributed by atoms with E-state index in [1.165, 1.54) is 0 Å². The molecule has 1 amide bonds. The number of piperazine rings is 1. The summed E-state index contributed by atoms with van der Waals surface area (Å²) >= 11 is 0. The lowest BCUT2D eigenvalue weighted by Crippen LogP contribution is -2.50. The number of amidine groups is 1. The minimum absolute atomic E-state index is 0.0130. The Morgan fingerprint density at radius 1 is 1.45 bits per heavy atom. The van der Waals surface area contributed by atoms with Gasteiger partial charge in [-0.3, -0.25) is 14.4 Å². The predicted molar refractivity (Wildman–Crippen MR) is 73.7 cm³/mol. The number of nitrogens with zero attached hydrogens (tertiary/aromatic N) is 5. The van der Waals surface area contributed by atoms with Crippen molar-refractivity contribution >= 4 is 11.7 Å². The number of carbonyl (C=O) groups excluding carboxylic acids is 1. The van der Waals surface area contributed by atoms with Crippen molar-refractivity contribution in [1.82, 2.24) is 19.6 Å². The Morgan fingerprint density at radius 3 is 2.60 bits per heavy atom. The van der Waals surface area contributed by atoms with Gasteiger partial charge in [-0.1, -0.05) is 5.16 Å². The van der Waals surface area contributed by atoms with E-state index >= 15 is 0 Å². The van der Waals surface area contributed by atoms with Crippen molar-refractivity contribution in [3.63, 3.8) is 0 Å². The van der Waals surface area contributed by atoms with Crippen LogP contribution in [0.1, 0.15) is 16.1 Å². The van der Waals surface area contributed by atoms with Crippen LogP contribution >= 0.6 is 0 Å². The van der Waals surface area contributed by atoms with Crippen LogP contribution in [0, 0.1) is 6.92 Å². The number of amides is 1. The van der Waals surface area contributed by atoms with Gasteiger partial charge < -0.3 is 15.8 Å². The van der Waals surface area contributed by atoms with E-state index in [2.05, 4.69) is 15.2 Å². The van der Waals surface area contributed by atoms with Gasteiger partial charge in [-0.25, -0.2) is 0 Å². The quantitative estimate of drug-likeness (QED) is 0.328. The van der Waals surface area contributed by atoms with E-state index in [9.17, 15) is 4.79 Å². The zero-order valence-electron chi connectivity index (χ0n) is 11.8. The van der Waals surface area contributed by atoms with Crippen LogP contribution in [0.15, 0.2) is 11.4 Å². The van der Waals surface area contributed by atoms with E-state index in [0.717, 1.165) is 5.69 Å². The van der Waals surface area contributed by atoms with Crippen molar-refractivity contribution in [2.75, 3.05) is 32.7 Å². The van der Waals surface area contributed by atoms with Gasteiger partial charge in [0.05, 0.1) is 18.3 Å². The lowest BCUT2D eigenvalue weighted by molar-refractivity contribution is 0.0652. The summed E-state index contributed by atoms with van der Waals surface area (Å²) in [6.45, 7) is 4.99. The molecule has 0 radical (unpaired) electrons. The van der Waals surface area contributed by atoms with E-state index in [1.54, 1.807) is 10.9 Å². The highest BCUT2D eigenvalue weighted by molar-refractivity contribution is 5.95. The van der Waals surface area contributed by atoms with Crippen molar-refractivity contribution in [3.8, 4) is 0 Å². The van der Waals surface area contributed by atoms with Crippen molar-refractivity contribution in [3.05, 3.63) is 17.5 Å². The number of rotatable bonds is 3. The fraction of sp³-hybridized carbons (Fsp3) is 0.583. The summed E-state index contributed by atoms with van der Waals surface area (Å²) in [5.74, 6) is 0.201. The van der Waals surface area contributed by atoms with Crippen molar-refractivity contribution in [2.24, 2.45) is 17.9 Å². The first-order valence-electron chi connectivity index (χ1n) is 6.49. The molecule has 0 unspecified atom stereocenters. The molecule has 20 heavy (non-hydrogen) atoms. The molecule has 0 saturated carbocycles. The van der Waals surface area contributed by atoms with E-state index in [-0.39, 0.29) is 11.7 Å². The largest absolute Gasteiger partial charge is 0.409 e. The standard InChI is InChI=1S/C12H20N6O2/c1-9-10(7-14-16(9)2)12(19)18-5-3-17(4-6-18)8-11(13)15-20/h7,20H,3-6,8H2,1-2H3,(H2,13,15). The smallest absolute Gasteiger partial charge is 0.257 e. The second kappa shape index (κ2) is 5.91. The van der Waals surface area contributed by atoms with Crippen LogP contribution < -0.4 is 5.73 Å². The Bertz CT molecular complexity index is 516. The second-order valence-electron chi connectivity index (χ2n) is 4.93. The molecule has 1 aromatic heterocycles. The third kappa shape index (κ3) is 2.90. The van der Waals surface area contributed by atoms with Gasteiger partial charge in [-0.15, -0.1) is 0 Å². The molecule has 0 spiro atoms. The molecule has 1 aliphatic heterocycles. The molecular weight excluding hydrogens is 260 g/mol. The number of hydrogen-bond acceptors (Lipinski definition) is 5. The van der Waals surface area contributed by atoms with Crippen LogP contribution in [0.25, 0.3) is 0 Å². The van der Waals surface area contributed by atoms with E-state index in [4.69, 9.17) is 10.9 Å². The molecule has 110 valence electrons. The monoisotopic (exact) mass is 280 g/mol. The zero-order chi connectivity index (χ0) is 14.7. The topological polar surface area (TPSA) is 100.0 Å². The van der Waals surface area contributed by atoms with Crippen LogP contribution in [0.3, 0.4) is 0 Å². The molecule has 3 N–H and O–H groups in total. The molecule has 2 heterocycles. The lowest BCUT2D eigenvalue weighted by atomic mass is 10.2. The van der Waals surface area contributed by atoms with Crippen molar-refractivity contribution < 1.29 is 10.0 Å². The van der Waals surface area contributed by atoms with Crippen LogP contribution in [0.2, 0.25) is 0 Å². The molecule has 1 saturated heterocycles. The van der Waals surface area contributed by atoms with Gasteiger partial charge in [0.1, 0.15) is 0 Å². The number of hydrogen-bond donors (Lipinski definition) is 2. The Kier molecular flexibility index (Phi) is 4.23. The third-order valence-corrected chi connectivity index (χ3v) is 3.64. The van der Waals surface area contributed by atoms with Crippen LogP contribution in [0.4, 0.5) is 0 Å².